The molecule has 0 saturated carbocycles. The summed E-state index contributed by atoms with van der Waals surface area (Å²) in [5.41, 5.74) is -0.159. The molecule has 1 N–H and O–H groups in total. The Hall–Kier alpha value is 0.510. The number of ether oxygens (including phenoxy) is 1. The minimum Gasteiger partial charge on any atom is -1.00 e. The van der Waals surface area contributed by atoms with Crippen LogP contribution in [0.2, 0.25) is 0 Å². The summed E-state index contributed by atoms with van der Waals surface area (Å²) >= 11 is 0. The molecule has 76 valence electrons. The second-order valence-corrected chi connectivity index (χ2v) is 2.11. The van der Waals surface area contributed by atoms with Crippen LogP contribution in [0.4, 0.5) is 5.69 Å². The summed E-state index contributed by atoms with van der Waals surface area (Å²) in [5, 5.41) is 19.3. The number of halogens is 1. The molecule has 0 fully saturated rings. The fourth-order valence-electron chi connectivity index (χ4n) is 0.792. The molecule has 0 saturated heterocycles. The van der Waals surface area contributed by atoms with E-state index in [1.165, 1.54) is 19.2 Å². The fraction of sp³-hybridized carbons (Fsp3) is 0.143. The normalized spacial score (nSPS) is 7.53. The van der Waals surface area contributed by atoms with Gasteiger partial charge in [-0.1, -0.05) is 0 Å². The molecular formula is C7H10ClNNa2O4. The zero-order valence-corrected chi connectivity index (χ0v) is 13.6. The minimum atomic E-state index is -0.584. The van der Waals surface area contributed by atoms with Gasteiger partial charge in [-0.05, 0) is 6.07 Å². The van der Waals surface area contributed by atoms with Gasteiger partial charge in [0.2, 0.25) is 0 Å². The number of methoxy groups -OCH3 is 1. The molecule has 15 heavy (non-hydrogen) atoms. The number of nitrogens with zero attached hydrogens (tertiary/aromatic N) is 1. The number of phenolic OH excluding ortho intramolecular Hbond substituents is 1. The van der Waals surface area contributed by atoms with Gasteiger partial charge in [0.25, 0.3) is 5.69 Å². The third-order valence-corrected chi connectivity index (χ3v) is 1.37. The van der Waals surface area contributed by atoms with Gasteiger partial charge in [0.1, 0.15) is 0 Å². The van der Waals surface area contributed by atoms with Crippen LogP contribution >= 0.6 is 12.4 Å². The smallest absolute Gasteiger partial charge is 1.00 e. The first-order valence-electron chi connectivity index (χ1n) is 3.16. The number of rotatable bonds is 2. The molecule has 0 aliphatic heterocycles. The maximum Gasteiger partial charge on any atom is 1.00 e. The first kappa shape index (κ1) is 20.9. The van der Waals surface area contributed by atoms with E-state index in [1.54, 1.807) is 0 Å². The van der Waals surface area contributed by atoms with E-state index in [0.29, 0.717) is 0 Å². The van der Waals surface area contributed by atoms with Crippen molar-refractivity contribution in [2.24, 2.45) is 0 Å². The number of benzene rings is 1. The Morgan fingerprint density at radius 1 is 1.47 bits per heavy atom. The molecule has 1 aromatic carbocycles. The Balaban J connectivity index is -0.0000000960. The molecule has 0 spiro atoms. The van der Waals surface area contributed by atoms with Crippen LogP contribution in [-0.2, 0) is 0 Å². The molecule has 0 atom stereocenters. The van der Waals surface area contributed by atoms with Crippen LogP contribution in [0.3, 0.4) is 0 Å². The van der Waals surface area contributed by atoms with Crippen molar-refractivity contribution in [2.75, 3.05) is 7.11 Å². The van der Waals surface area contributed by atoms with Crippen molar-refractivity contribution in [2.45, 2.75) is 0 Å². The third kappa shape index (κ3) is 5.97. The molecule has 5 nitrogen and oxygen atoms in total. The van der Waals surface area contributed by atoms with Crippen molar-refractivity contribution in [3.8, 4) is 11.5 Å². The Morgan fingerprint density at radius 3 is 2.33 bits per heavy atom. The van der Waals surface area contributed by atoms with Crippen molar-refractivity contribution >= 4 is 18.1 Å². The Bertz CT molecular complexity index is 333. The first-order valence-corrected chi connectivity index (χ1v) is 3.16. The number of hydrogen-bond acceptors (Lipinski definition) is 4. The summed E-state index contributed by atoms with van der Waals surface area (Å²) in [6.07, 6.45) is 0. The van der Waals surface area contributed by atoms with E-state index in [2.05, 4.69) is 0 Å². The van der Waals surface area contributed by atoms with E-state index in [9.17, 15) is 10.1 Å². The summed E-state index contributed by atoms with van der Waals surface area (Å²) in [7, 11) is 1.38. The predicted molar refractivity (Wildman–Crippen MR) is 50.8 cm³/mol. The van der Waals surface area contributed by atoms with Crippen LogP contribution in [0.25, 0.3) is 0 Å². The molecule has 0 radical (unpaired) electrons. The quantitative estimate of drug-likeness (QED) is 0.331. The molecular weight excluding hydrogens is 244 g/mol. The van der Waals surface area contributed by atoms with Gasteiger partial charge in [0.15, 0.2) is 11.5 Å². The average molecular weight is 254 g/mol. The summed E-state index contributed by atoms with van der Waals surface area (Å²) in [6.45, 7) is 0. The van der Waals surface area contributed by atoms with Crippen molar-refractivity contribution in [1.29, 1.82) is 0 Å². The van der Waals surface area contributed by atoms with E-state index in [0.717, 1.165) is 6.07 Å². The topological polar surface area (TPSA) is 72.6 Å². The van der Waals surface area contributed by atoms with Crippen LogP contribution in [0, 0.1) is 10.1 Å². The van der Waals surface area contributed by atoms with E-state index in [4.69, 9.17) is 9.84 Å². The Labute approximate surface area is 140 Å². The number of hydrogen-bond donors (Lipinski definition) is 1. The Morgan fingerprint density at radius 2 is 2.00 bits per heavy atom. The largest absolute Gasteiger partial charge is 1.00 e. The van der Waals surface area contributed by atoms with Crippen molar-refractivity contribution < 1.29 is 76.7 Å². The van der Waals surface area contributed by atoms with Gasteiger partial charge in [-0.3, -0.25) is 10.1 Å². The van der Waals surface area contributed by atoms with Crippen molar-refractivity contribution in [3.63, 3.8) is 0 Å². The van der Waals surface area contributed by atoms with E-state index in [-0.39, 0.29) is 91.6 Å². The summed E-state index contributed by atoms with van der Waals surface area (Å²) < 4.78 is 4.71. The SMILES string of the molecule is COc1ccc([N+](=O)[O-])cc1O.Cl.[H-].[H-].[Na+].[Na+]. The van der Waals surface area contributed by atoms with Crippen LogP contribution in [-0.4, -0.2) is 17.1 Å². The van der Waals surface area contributed by atoms with E-state index < -0.39 is 4.92 Å². The molecule has 0 aliphatic carbocycles. The van der Waals surface area contributed by atoms with Gasteiger partial charge < -0.3 is 12.7 Å². The van der Waals surface area contributed by atoms with Crippen molar-refractivity contribution in [1.82, 2.24) is 0 Å². The minimum absolute atomic E-state index is 0. The number of aromatic hydroxyl groups is 1. The monoisotopic (exact) mass is 253 g/mol. The Kier molecular flexibility index (Phi) is 13.5. The standard InChI is InChI=1S/C7H7NO4.ClH.2Na.2H/c1-12-7-3-2-5(8(10)11)4-6(7)9;;;;;/h2-4,9H,1H3;1H;;;;/q;;2*+1;2*-1. The van der Waals surface area contributed by atoms with Gasteiger partial charge in [-0.25, -0.2) is 0 Å². The number of non-ortho nitro benzene ring substituents is 1. The van der Waals surface area contributed by atoms with Crippen LogP contribution < -0.4 is 63.9 Å². The third-order valence-electron chi connectivity index (χ3n) is 1.37. The first-order chi connectivity index (χ1) is 5.65. The van der Waals surface area contributed by atoms with Gasteiger partial charge in [-0.15, -0.1) is 12.4 Å². The number of nitro groups is 1. The number of phenols is 1. The predicted octanol–water partition coefficient (Wildman–Crippen LogP) is -4.04. The zero-order valence-electron chi connectivity index (χ0n) is 10.8. The van der Waals surface area contributed by atoms with Gasteiger partial charge in [0, 0.05) is 6.07 Å². The molecule has 0 bridgehead atoms. The van der Waals surface area contributed by atoms with Crippen molar-refractivity contribution in [3.05, 3.63) is 28.3 Å². The summed E-state index contributed by atoms with van der Waals surface area (Å²) in [4.78, 5) is 9.62. The molecule has 0 heterocycles. The number of nitro benzene ring substituents is 1. The maximum atomic E-state index is 10.2. The van der Waals surface area contributed by atoms with Gasteiger partial charge >= 0.3 is 59.1 Å². The maximum absolute atomic E-state index is 10.2. The van der Waals surface area contributed by atoms with E-state index in [1.807, 2.05) is 0 Å². The second kappa shape index (κ2) is 9.72. The molecule has 1 rings (SSSR count). The summed E-state index contributed by atoms with van der Waals surface area (Å²) in [5.74, 6) is -0.00713. The molecule has 0 unspecified atom stereocenters. The van der Waals surface area contributed by atoms with Gasteiger partial charge in [0.05, 0.1) is 18.1 Å². The molecule has 0 amide bonds. The average Bonchev–Trinajstić information content (AvgIpc) is 2.04. The fourth-order valence-corrected chi connectivity index (χ4v) is 0.792. The van der Waals surface area contributed by atoms with Gasteiger partial charge in [-0.2, -0.15) is 0 Å². The van der Waals surface area contributed by atoms with Crippen LogP contribution in [0.15, 0.2) is 18.2 Å². The van der Waals surface area contributed by atoms with Crippen LogP contribution in [0.1, 0.15) is 2.85 Å². The summed E-state index contributed by atoms with van der Waals surface area (Å²) in [6, 6.07) is 3.64. The second-order valence-electron chi connectivity index (χ2n) is 2.11. The van der Waals surface area contributed by atoms with E-state index >= 15 is 0 Å². The molecule has 1 aromatic rings. The zero-order chi connectivity index (χ0) is 9.14. The van der Waals surface area contributed by atoms with Crippen LogP contribution in [0.5, 0.6) is 11.5 Å². The molecule has 0 aliphatic rings. The molecule has 0 aromatic heterocycles. The molecule has 8 heteroatoms.